The standard InChI is InChI=1S/C14H18N4O/c1-18-6-3-11(4-7-18)12-2-5-16-13(17-12)14(8-15)9-19-10-14/h2,5,11H,3-4,6-7,9-10H2,1H3. The van der Waals surface area contributed by atoms with Crippen LogP contribution in [0.25, 0.3) is 0 Å². The molecule has 0 aliphatic carbocycles. The Kier molecular flexibility index (Phi) is 3.21. The summed E-state index contributed by atoms with van der Waals surface area (Å²) in [5.74, 6) is 1.13. The highest BCUT2D eigenvalue weighted by Gasteiger charge is 2.44. The predicted molar refractivity (Wildman–Crippen MR) is 69.6 cm³/mol. The van der Waals surface area contributed by atoms with Gasteiger partial charge < -0.3 is 9.64 Å². The van der Waals surface area contributed by atoms with Gasteiger partial charge in [-0.3, -0.25) is 0 Å². The monoisotopic (exact) mass is 258 g/mol. The highest BCUT2D eigenvalue weighted by Crippen LogP contribution is 2.31. The molecule has 2 aliphatic heterocycles. The van der Waals surface area contributed by atoms with Crippen LogP contribution in [0.1, 0.15) is 30.3 Å². The summed E-state index contributed by atoms with van der Waals surface area (Å²) in [6.07, 6.45) is 4.04. The Bertz CT molecular complexity index is 498. The molecule has 5 heteroatoms. The van der Waals surface area contributed by atoms with Crippen molar-refractivity contribution in [1.82, 2.24) is 14.9 Å². The quantitative estimate of drug-likeness (QED) is 0.794. The molecule has 0 radical (unpaired) electrons. The van der Waals surface area contributed by atoms with Gasteiger partial charge in [0.15, 0.2) is 11.2 Å². The van der Waals surface area contributed by atoms with Crippen molar-refractivity contribution in [2.45, 2.75) is 24.2 Å². The van der Waals surface area contributed by atoms with Crippen LogP contribution in [0.2, 0.25) is 0 Å². The van der Waals surface area contributed by atoms with Crippen molar-refractivity contribution < 1.29 is 4.74 Å². The van der Waals surface area contributed by atoms with Gasteiger partial charge in [0.1, 0.15) is 0 Å². The van der Waals surface area contributed by atoms with Gasteiger partial charge in [-0.15, -0.1) is 0 Å². The maximum absolute atomic E-state index is 9.31. The van der Waals surface area contributed by atoms with Gasteiger partial charge >= 0.3 is 0 Å². The molecule has 2 aliphatic rings. The lowest BCUT2D eigenvalue weighted by Gasteiger charge is -2.34. The summed E-state index contributed by atoms with van der Waals surface area (Å²) in [5, 5.41) is 9.31. The van der Waals surface area contributed by atoms with Gasteiger partial charge in [-0.25, -0.2) is 9.97 Å². The number of likely N-dealkylation sites (tertiary alicyclic amines) is 1. The smallest absolute Gasteiger partial charge is 0.163 e. The van der Waals surface area contributed by atoms with E-state index in [2.05, 4.69) is 28.0 Å². The first-order chi connectivity index (χ1) is 9.23. The molecule has 2 saturated heterocycles. The van der Waals surface area contributed by atoms with Gasteiger partial charge in [-0.2, -0.15) is 5.26 Å². The minimum Gasteiger partial charge on any atom is -0.377 e. The van der Waals surface area contributed by atoms with Crippen LogP contribution in [0.4, 0.5) is 0 Å². The Balaban J connectivity index is 1.82. The van der Waals surface area contributed by atoms with E-state index in [1.807, 2.05) is 6.07 Å². The highest BCUT2D eigenvalue weighted by molar-refractivity contribution is 5.26. The van der Waals surface area contributed by atoms with E-state index in [4.69, 9.17) is 4.74 Å². The van der Waals surface area contributed by atoms with Gasteiger partial charge in [0, 0.05) is 17.8 Å². The Morgan fingerprint density at radius 1 is 1.42 bits per heavy atom. The fourth-order valence-corrected chi connectivity index (χ4v) is 2.68. The van der Waals surface area contributed by atoms with Crippen LogP contribution >= 0.6 is 0 Å². The first-order valence-electron chi connectivity index (χ1n) is 6.74. The Labute approximate surface area is 113 Å². The van der Waals surface area contributed by atoms with Crippen molar-refractivity contribution >= 4 is 0 Å². The molecule has 19 heavy (non-hydrogen) atoms. The summed E-state index contributed by atoms with van der Waals surface area (Å²) < 4.78 is 5.17. The topological polar surface area (TPSA) is 62.0 Å². The molecule has 100 valence electrons. The van der Waals surface area contributed by atoms with Crippen molar-refractivity contribution in [3.8, 4) is 6.07 Å². The van der Waals surface area contributed by atoms with Crippen LogP contribution in [0.3, 0.4) is 0 Å². The zero-order chi connectivity index (χ0) is 13.3. The second-order valence-corrected chi connectivity index (χ2v) is 5.57. The molecule has 2 fully saturated rings. The van der Waals surface area contributed by atoms with Crippen molar-refractivity contribution in [3.05, 3.63) is 23.8 Å². The first kappa shape index (κ1) is 12.5. The third-order valence-electron chi connectivity index (χ3n) is 4.15. The lowest BCUT2D eigenvalue weighted by atomic mass is 9.86. The molecule has 0 amide bonds. The second-order valence-electron chi connectivity index (χ2n) is 5.57. The van der Waals surface area contributed by atoms with Gasteiger partial charge in [-0.05, 0) is 39.0 Å². The molecule has 3 heterocycles. The molecule has 5 nitrogen and oxygen atoms in total. The number of hydrogen-bond donors (Lipinski definition) is 0. The Morgan fingerprint density at radius 3 is 2.74 bits per heavy atom. The molecule has 3 rings (SSSR count). The van der Waals surface area contributed by atoms with E-state index >= 15 is 0 Å². The average molecular weight is 258 g/mol. The number of hydrogen-bond acceptors (Lipinski definition) is 5. The molecular formula is C14H18N4O. The van der Waals surface area contributed by atoms with E-state index in [0.29, 0.717) is 25.0 Å². The van der Waals surface area contributed by atoms with E-state index < -0.39 is 5.41 Å². The molecule has 0 saturated carbocycles. The lowest BCUT2D eigenvalue weighted by molar-refractivity contribution is -0.0340. The summed E-state index contributed by atoms with van der Waals surface area (Å²) >= 11 is 0. The summed E-state index contributed by atoms with van der Waals surface area (Å²) in [6.45, 7) is 3.05. The maximum atomic E-state index is 9.31. The molecule has 0 N–H and O–H groups in total. The molecule has 1 aromatic rings. The van der Waals surface area contributed by atoms with Crippen LogP contribution in [0.15, 0.2) is 12.3 Å². The van der Waals surface area contributed by atoms with Crippen LogP contribution in [0.5, 0.6) is 0 Å². The fraction of sp³-hybridized carbons (Fsp3) is 0.643. The van der Waals surface area contributed by atoms with Gasteiger partial charge in [0.2, 0.25) is 0 Å². The fourth-order valence-electron chi connectivity index (χ4n) is 2.68. The Morgan fingerprint density at radius 2 is 2.16 bits per heavy atom. The number of nitriles is 1. The average Bonchev–Trinajstić information content (AvgIpc) is 2.39. The van der Waals surface area contributed by atoms with Crippen LogP contribution < -0.4 is 0 Å². The summed E-state index contributed by atoms with van der Waals surface area (Å²) in [4.78, 5) is 11.3. The van der Waals surface area contributed by atoms with E-state index in [9.17, 15) is 5.26 Å². The summed E-state index contributed by atoms with van der Waals surface area (Å²) in [7, 11) is 2.15. The van der Waals surface area contributed by atoms with E-state index in [-0.39, 0.29) is 0 Å². The van der Waals surface area contributed by atoms with Crippen molar-refractivity contribution in [1.29, 1.82) is 5.26 Å². The second kappa shape index (κ2) is 4.87. The predicted octanol–water partition coefficient (Wildman–Crippen LogP) is 1.08. The van der Waals surface area contributed by atoms with Crippen molar-refractivity contribution in [3.63, 3.8) is 0 Å². The number of aromatic nitrogens is 2. The third kappa shape index (κ3) is 2.22. The van der Waals surface area contributed by atoms with E-state index in [1.54, 1.807) is 6.20 Å². The van der Waals surface area contributed by atoms with E-state index in [0.717, 1.165) is 31.6 Å². The molecule has 0 aromatic carbocycles. The molecular weight excluding hydrogens is 240 g/mol. The molecule has 1 aromatic heterocycles. The number of rotatable bonds is 2. The number of nitrogens with zero attached hydrogens (tertiary/aromatic N) is 4. The van der Waals surface area contributed by atoms with Crippen LogP contribution in [0, 0.1) is 11.3 Å². The Hall–Kier alpha value is -1.51. The minimum absolute atomic E-state index is 0.417. The SMILES string of the molecule is CN1CCC(c2ccnc(C3(C#N)COC3)n2)CC1. The van der Waals surface area contributed by atoms with Crippen LogP contribution in [-0.2, 0) is 10.2 Å². The van der Waals surface area contributed by atoms with Gasteiger partial charge in [0.05, 0.1) is 19.3 Å². The lowest BCUT2D eigenvalue weighted by Crippen LogP contribution is -2.47. The molecule has 0 atom stereocenters. The summed E-state index contributed by atoms with van der Waals surface area (Å²) in [6, 6.07) is 4.30. The number of piperidine rings is 1. The zero-order valence-corrected chi connectivity index (χ0v) is 11.2. The maximum Gasteiger partial charge on any atom is 0.163 e. The van der Waals surface area contributed by atoms with Crippen LogP contribution in [-0.4, -0.2) is 48.2 Å². The largest absolute Gasteiger partial charge is 0.377 e. The number of ether oxygens (including phenoxy) is 1. The van der Waals surface area contributed by atoms with Gasteiger partial charge in [0.25, 0.3) is 0 Å². The van der Waals surface area contributed by atoms with Crippen molar-refractivity contribution in [2.75, 3.05) is 33.4 Å². The normalized spacial score (nSPS) is 23.6. The van der Waals surface area contributed by atoms with Gasteiger partial charge in [-0.1, -0.05) is 0 Å². The van der Waals surface area contributed by atoms with E-state index in [1.165, 1.54) is 0 Å². The summed E-state index contributed by atoms with van der Waals surface area (Å²) in [5.41, 5.74) is 0.473. The zero-order valence-electron chi connectivity index (χ0n) is 11.2. The first-order valence-corrected chi connectivity index (χ1v) is 6.74. The third-order valence-corrected chi connectivity index (χ3v) is 4.15. The molecule has 0 unspecified atom stereocenters. The molecule has 0 spiro atoms. The van der Waals surface area contributed by atoms with Crippen molar-refractivity contribution in [2.24, 2.45) is 0 Å². The molecule has 0 bridgehead atoms. The highest BCUT2D eigenvalue weighted by atomic mass is 16.5. The minimum atomic E-state index is -0.610.